The van der Waals surface area contributed by atoms with Crippen LogP contribution in [0.15, 0.2) is 18.2 Å². The second-order valence-corrected chi connectivity index (χ2v) is 10.8. The molecule has 1 spiro atoms. The van der Waals surface area contributed by atoms with Crippen molar-refractivity contribution in [1.29, 1.82) is 0 Å². The number of hydrogen-bond acceptors (Lipinski definition) is 7. The molecule has 3 aliphatic rings. The highest BCUT2D eigenvalue weighted by Gasteiger charge is 2.53. The number of carbonyl (C=O) groups excluding carboxylic acids is 5. The van der Waals surface area contributed by atoms with Crippen LogP contribution < -0.4 is 5.32 Å². The van der Waals surface area contributed by atoms with Crippen molar-refractivity contribution in [3.8, 4) is 0 Å². The van der Waals surface area contributed by atoms with Crippen molar-refractivity contribution in [3.05, 3.63) is 34.9 Å². The molecule has 1 aromatic rings. The van der Waals surface area contributed by atoms with Crippen LogP contribution in [-0.2, 0) is 20.9 Å². The van der Waals surface area contributed by atoms with Gasteiger partial charge in [-0.15, -0.1) is 0 Å². The number of rotatable bonds is 7. The average molecular weight is 515 g/mol. The number of amides is 4. The van der Waals surface area contributed by atoms with Crippen LogP contribution in [0.5, 0.6) is 0 Å². The maximum absolute atomic E-state index is 13.0. The fraction of sp³-hybridized carbons (Fsp3) is 0.593. The van der Waals surface area contributed by atoms with E-state index in [0.29, 0.717) is 25.9 Å². The van der Waals surface area contributed by atoms with Gasteiger partial charge in [0.2, 0.25) is 5.91 Å². The largest absolute Gasteiger partial charge is 0.444 e. The summed E-state index contributed by atoms with van der Waals surface area (Å²) >= 11 is 0. The minimum absolute atomic E-state index is 0.0423. The molecule has 10 nitrogen and oxygen atoms in total. The van der Waals surface area contributed by atoms with Gasteiger partial charge in [-0.05, 0) is 44.9 Å². The number of ether oxygens (including phenoxy) is 1. The van der Waals surface area contributed by atoms with Gasteiger partial charge in [-0.2, -0.15) is 0 Å². The fourth-order valence-corrected chi connectivity index (χ4v) is 5.06. The number of likely N-dealkylation sites (tertiary alicyclic amines) is 2. The first-order valence-corrected chi connectivity index (χ1v) is 12.8. The second-order valence-electron chi connectivity index (χ2n) is 10.8. The van der Waals surface area contributed by atoms with Gasteiger partial charge in [0.05, 0.1) is 17.2 Å². The van der Waals surface area contributed by atoms with Crippen molar-refractivity contribution < 1.29 is 28.7 Å². The minimum atomic E-state index is -0.982. The first-order chi connectivity index (χ1) is 17.4. The summed E-state index contributed by atoms with van der Waals surface area (Å²) in [5.41, 5.74) is 1.05. The number of hydrogen-bond donors (Lipinski definition) is 1. The van der Waals surface area contributed by atoms with Crippen molar-refractivity contribution in [1.82, 2.24) is 20.0 Å². The van der Waals surface area contributed by atoms with E-state index in [-0.39, 0.29) is 41.4 Å². The Morgan fingerprint density at radius 3 is 2.27 bits per heavy atom. The lowest BCUT2D eigenvalue weighted by Gasteiger charge is -2.60. The number of aldehydes is 1. The Balaban J connectivity index is 0.00000186. The van der Waals surface area contributed by atoms with Crippen LogP contribution in [0.4, 0.5) is 4.79 Å². The molecule has 3 aliphatic heterocycles. The molecule has 0 radical (unpaired) electrons. The van der Waals surface area contributed by atoms with E-state index in [4.69, 9.17) is 4.74 Å². The molecule has 1 N–H and O–H groups in total. The molecule has 37 heavy (non-hydrogen) atoms. The molecule has 2 fully saturated rings. The highest BCUT2D eigenvalue weighted by atomic mass is 16.6. The summed E-state index contributed by atoms with van der Waals surface area (Å²) in [6.07, 6.45) is 0.389. The molecular formula is C27H38N4O6. The van der Waals surface area contributed by atoms with E-state index in [9.17, 15) is 24.0 Å². The van der Waals surface area contributed by atoms with Crippen LogP contribution in [0.25, 0.3) is 0 Å². The molecule has 10 heteroatoms. The summed E-state index contributed by atoms with van der Waals surface area (Å²) in [4.78, 5) is 66.1. The van der Waals surface area contributed by atoms with E-state index in [1.54, 1.807) is 17.0 Å². The lowest BCUT2D eigenvalue weighted by atomic mass is 9.73. The van der Waals surface area contributed by atoms with Gasteiger partial charge in [-0.25, -0.2) is 4.79 Å². The van der Waals surface area contributed by atoms with Gasteiger partial charge < -0.3 is 19.7 Å². The molecule has 1 aromatic carbocycles. The van der Waals surface area contributed by atoms with Gasteiger partial charge in [0.1, 0.15) is 11.9 Å². The van der Waals surface area contributed by atoms with E-state index in [0.717, 1.165) is 23.6 Å². The van der Waals surface area contributed by atoms with Gasteiger partial charge in [-0.3, -0.25) is 24.2 Å². The molecule has 4 amide bonds. The van der Waals surface area contributed by atoms with Gasteiger partial charge >= 0.3 is 6.09 Å². The van der Waals surface area contributed by atoms with E-state index >= 15 is 0 Å². The molecule has 0 saturated carbocycles. The number of fused-ring (bicyclic) bond motifs is 1. The predicted octanol–water partition coefficient (Wildman–Crippen LogP) is 2.46. The van der Waals surface area contributed by atoms with Crippen LogP contribution in [0.3, 0.4) is 0 Å². The van der Waals surface area contributed by atoms with Gasteiger partial charge in [0.15, 0.2) is 0 Å². The maximum atomic E-state index is 13.0. The quantitative estimate of drug-likeness (QED) is 0.439. The third-order valence-corrected chi connectivity index (χ3v) is 6.65. The van der Waals surface area contributed by atoms with Crippen molar-refractivity contribution >= 4 is 30.1 Å². The zero-order valence-electron chi connectivity index (χ0n) is 22.6. The summed E-state index contributed by atoms with van der Waals surface area (Å²) in [6, 6.07) is 4.20. The number of carbonyl (C=O) groups is 5. The Labute approximate surface area is 218 Å². The van der Waals surface area contributed by atoms with Crippen LogP contribution in [0.1, 0.15) is 73.7 Å². The maximum Gasteiger partial charge on any atom is 0.410 e. The summed E-state index contributed by atoms with van der Waals surface area (Å²) in [7, 11) is 1.49. The Hall–Kier alpha value is -3.27. The second kappa shape index (κ2) is 11.0. The Bertz CT molecular complexity index is 1070. The van der Waals surface area contributed by atoms with Crippen molar-refractivity contribution in [2.75, 3.05) is 33.2 Å². The van der Waals surface area contributed by atoms with Crippen molar-refractivity contribution in [2.45, 2.75) is 65.6 Å². The van der Waals surface area contributed by atoms with E-state index in [1.165, 1.54) is 7.05 Å². The lowest BCUT2D eigenvalue weighted by Crippen LogP contribution is -2.72. The number of imide groups is 1. The van der Waals surface area contributed by atoms with Crippen LogP contribution in [0.2, 0.25) is 0 Å². The van der Waals surface area contributed by atoms with Gasteiger partial charge in [0.25, 0.3) is 11.8 Å². The molecular weight excluding hydrogens is 476 g/mol. The molecule has 202 valence electrons. The predicted molar refractivity (Wildman–Crippen MR) is 137 cm³/mol. The molecule has 1 unspecified atom stereocenters. The Morgan fingerprint density at radius 2 is 1.70 bits per heavy atom. The van der Waals surface area contributed by atoms with Gasteiger partial charge in [-0.1, -0.05) is 19.9 Å². The number of benzene rings is 1. The van der Waals surface area contributed by atoms with Crippen molar-refractivity contribution in [2.24, 2.45) is 5.41 Å². The summed E-state index contributed by atoms with van der Waals surface area (Å²) in [6.45, 7) is 13.2. The molecule has 0 bridgehead atoms. The smallest absolute Gasteiger partial charge is 0.410 e. The standard InChI is InChI=1S/C25H32N4O6.C2H6/c1-24(2,3)35-23(34)28-14-25(15-28)12-27(13-25)10-16-5-7-18-19(9-16)22(33)29(21(18)32)17(11-30)6-8-20(31)26-4;1-2/h5,7,9,11,17H,6,8,10,12-15H2,1-4H3,(H,26,31);1-2H3. The third kappa shape index (κ3) is 6.01. The van der Waals surface area contributed by atoms with E-state index in [1.807, 2.05) is 40.7 Å². The third-order valence-electron chi connectivity index (χ3n) is 6.65. The SMILES string of the molecule is CC.CNC(=O)CCC(C=O)N1C(=O)c2ccc(CN3CC4(C3)CN(C(=O)OC(C)(C)C)C4)cc2C1=O. The first kappa shape index (κ1) is 28.3. The molecule has 4 rings (SSSR count). The number of nitrogens with one attached hydrogen (secondary N) is 1. The van der Waals surface area contributed by atoms with Crippen LogP contribution >= 0.6 is 0 Å². The van der Waals surface area contributed by atoms with Gasteiger partial charge in [0, 0.05) is 51.6 Å². The number of nitrogens with zero attached hydrogens (tertiary/aromatic N) is 3. The Morgan fingerprint density at radius 1 is 1.08 bits per heavy atom. The van der Waals surface area contributed by atoms with Crippen molar-refractivity contribution in [3.63, 3.8) is 0 Å². The topological polar surface area (TPSA) is 116 Å². The molecule has 0 aromatic heterocycles. The molecule has 2 saturated heterocycles. The zero-order chi connectivity index (χ0) is 27.5. The monoisotopic (exact) mass is 514 g/mol. The van der Waals surface area contributed by atoms with Crippen LogP contribution in [-0.4, -0.2) is 89.7 Å². The molecule has 1 atom stereocenters. The first-order valence-electron chi connectivity index (χ1n) is 12.8. The minimum Gasteiger partial charge on any atom is -0.444 e. The lowest BCUT2D eigenvalue weighted by molar-refractivity contribution is -0.121. The normalized spacial score (nSPS) is 18.8. The summed E-state index contributed by atoms with van der Waals surface area (Å²) < 4.78 is 5.42. The Kier molecular flexibility index (Phi) is 8.42. The summed E-state index contributed by atoms with van der Waals surface area (Å²) in [5.74, 6) is -1.28. The highest BCUT2D eigenvalue weighted by Crippen LogP contribution is 2.41. The van der Waals surface area contributed by atoms with E-state index < -0.39 is 23.5 Å². The fourth-order valence-electron chi connectivity index (χ4n) is 5.06. The molecule has 0 aliphatic carbocycles. The zero-order valence-corrected chi connectivity index (χ0v) is 22.6. The average Bonchev–Trinajstić information content (AvgIpc) is 3.04. The summed E-state index contributed by atoms with van der Waals surface area (Å²) in [5, 5.41) is 2.47. The highest BCUT2D eigenvalue weighted by molar-refractivity contribution is 6.22. The van der Waals surface area contributed by atoms with E-state index in [2.05, 4.69) is 10.2 Å². The molecule has 3 heterocycles. The van der Waals surface area contributed by atoms with Crippen LogP contribution in [0, 0.1) is 5.41 Å².